The highest BCUT2D eigenvalue weighted by Gasteiger charge is 2.58. The van der Waals surface area contributed by atoms with Crippen LogP contribution < -0.4 is 10.6 Å². The van der Waals surface area contributed by atoms with Gasteiger partial charge in [0.2, 0.25) is 11.8 Å². The van der Waals surface area contributed by atoms with Gasteiger partial charge in [-0.2, -0.15) is 0 Å². The molecule has 18 nitrogen and oxygen atoms in total. The summed E-state index contributed by atoms with van der Waals surface area (Å²) in [5.41, 5.74) is 5.42. The lowest BCUT2D eigenvalue weighted by molar-refractivity contribution is -0.141. The third kappa shape index (κ3) is 6.42. The van der Waals surface area contributed by atoms with E-state index in [-0.39, 0.29) is 23.7 Å². The molecule has 4 fully saturated rings. The molecule has 4 aliphatic rings. The number of rotatable bonds is 11. The molecule has 2 saturated carbocycles. The number of hydrogen-bond acceptors (Lipinski definition) is 12. The van der Waals surface area contributed by atoms with Crippen LogP contribution in [0.15, 0.2) is 58.3 Å². The van der Waals surface area contributed by atoms with Crippen LogP contribution >= 0.6 is 0 Å². The number of H-pyrrole nitrogens is 2. The first-order valence-corrected chi connectivity index (χ1v) is 22.0. The maximum absolute atomic E-state index is 14.1. The number of carbonyl (C=O) groups excluding carboxylic acids is 4. The normalized spacial score (nSPS) is 23.4. The summed E-state index contributed by atoms with van der Waals surface area (Å²) in [5, 5.41) is 5.50. The van der Waals surface area contributed by atoms with E-state index in [1.807, 2.05) is 74.2 Å². The van der Waals surface area contributed by atoms with Gasteiger partial charge in [0.25, 0.3) is 0 Å². The van der Waals surface area contributed by atoms with Crippen LogP contribution in [0.25, 0.3) is 55.8 Å². The minimum Gasteiger partial charge on any atom is -0.453 e. The van der Waals surface area contributed by atoms with E-state index in [1.165, 1.54) is 27.0 Å². The molecule has 10 rings (SSSR count). The number of amides is 4. The molecular weight excluding hydrogens is 821 g/mol. The molecule has 6 atom stereocenters. The third-order valence-corrected chi connectivity index (χ3v) is 14.3. The molecule has 0 unspecified atom stereocenters. The van der Waals surface area contributed by atoms with E-state index < -0.39 is 35.3 Å². The predicted octanol–water partition coefficient (Wildman–Crippen LogP) is 6.85. The Bertz CT molecular complexity index is 2620. The molecule has 2 aliphatic heterocycles. The summed E-state index contributed by atoms with van der Waals surface area (Å²) < 4.78 is 21.8. The van der Waals surface area contributed by atoms with E-state index in [4.69, 9.17) is 28.3 Å². The third-order valence-electron chi connectivity index (χ3n) is 14.3. The number of nitrogens with one attached hydrogen (secondary N) is 4. The Balaban J connectivity index is 0.942. The van der Waals surface area contributed by atoms with Gasteiger partial charge in [0, 0.05) is 47.7 Å². The minimum absolute atomic E-state index is 0.147. The highest BCUT2D eigenvalue weighted by atomic mass is 16.5. The maximum atomic E-state index is 14.1. The number of oxazole rings is 2. The molecular formula is C46H52N10O8. The fourth-order valence-corrected chi connectivity index (χ4v) is 11.1. The van der Waals surface area contributed by atoms with Crippen molar-refractivity contribution in [1.29, 1.82) is 0 Å². The summed E-state index contributed by atoms with van der Waals surface area (Å²) in [6.07, 6.45) is 10.3. The van der Waals surface area contributed by atoms with Gasteiger partial charge in [0.05, 0.1) is 25.6 Å². The van der Waals surface area contributed by atoms with Crippen molar-refractivity contribution in [2.45, 2.75) is 89.4 Å². The molecule has 64 heavy (non-hydrogen) atoms. The number of fused-ring (bicyclic) bond motifs is 6. The van der Waals surface area contributed by atoms with Crippen LogP contribution in [-0.2, 0) is 30.1 Å². The van der Waals surface area contributed by atoms with Gasteiger partial charge in [0.15, 0.2) is 24.0 Å². The van der Waals surface area contributed by atoms with E-state index in [0.717, 1.165) is 60.8 Å². The molecule has 0 spiro atoms. The van der Waals surface area contributed by atoms with Crippen molar-refractivity contribution in [2.75, 3.05) is 27.3 Å². The van der Waals surface area contributed by atoms with E-state index in [1.54, 1.807) is 0 Å². The number of aromatic amines is 2. The summed E-state index contributed by atoms with van der Waals surface area (Å²) in [6, 6.07) is 6.39. The number of methoxy groups -OCH3 is 2. The van der Waals surface area contributed by atoms with Crippen molar-refractivity contribution in [1.82, 2.24) is 50.3 Å². The van der Waals surface area contributed by atoms with Crippen LogP contribution in [0, 0.1) is 23.7 Å². The second-order valence-electron chi connectivity index (χ2n) is 18.5. The molecule has 2 aromatic carbocycles. The summed E-state index contributed by atoms with van der Waals surface area (Å²) in [4.78, 5) is 82.9. The van der Waals surface area contributed by atoms with Gasteiger partial charge in [-0.3, -0.25) is 9.59 Å². The van der Waals surface area contributed by atoms with E-state index in [0.29, 0.717) is 70.2 Å². The molecule has 4 bridgehead atoms. The number of carbonyl (C=O) groups is 4. The van der Waals surface area contributed by atoms with Gasteiger partial charge >= 0.3 is 12.2 Å². The van der Waals surface area contributed by atoms with E-state index >= 15 is 0 Å². The quantitative estimate of drug-likeness (QED) is 0.105. The maximum Gasteiger partial charge on any atom is 0.407 e. The standard InChI is InChI=1S/C46H52N10O8/c1-23(2)33(53-43(59)61-5)39(57)55-19-25-11-13-45(55,15-25)41-47-17-31(51-41)29-9-7-27(35-37(29)63-21-49-35)28-8-10-30(38-36(28)50-22-64-38)32-18-48-42(52-32)46-14-12-26(16-46)20-56(46)40(58)34(24(3)4)54-44(60)62-6/h7-10,17-18,21-26,33-34H,11-16,19-20H2,1-6H3,(H,47,51)(H,48,52)(H,53,59)(H,54,60)/t25-,26-,33+,34+,45+,46+/m1/s1. The Morgan fingerprint density at radius 3 is 1.45 bits per heavy atom. The first-order valence-electron chi connectivity index (χ1n) is 22.0. The number of piperidine rings is 2. The van der Waals surface area contributed by atoms with Crippen LogP contribution in [0.2, 0.25) is 0 Å². The van der Waals surface area contributed by atoms with Crippen LogP contribution in [0.1, 0.15) is 77.9 Å². The van der Waals surface area contributed by atoms with Crippen molar-refractivity contribution >= 4 is 46.2 Å². The zero-order valence-electron chi connectivity index (χ0n) is 36.7. The predicted molar refractivity (Wildman–Crippen MR) is 232 cm³/mol. The summed E-state index contributed by atoms with van der Waals surface area (Å²) in [7, 11) is 2.58. The fourth-order valence-electron chi connectivity index (χ4n) is 11.1. The summed E-state index contributed by atoms with van der Waals surface area (Å²) in [6.45, 7) is 8.82. The highest BCUT2D eigenvalue weighted by molar-refractivity contribution is 6.06. The topological polar surface area (TPSA) is 227 Å². The average Bonchev–Trinajstić information content (AvgIpc) is 4.15. The lowest BCUT2D eigenvalue weighted by Crippen LogP contribution is -2.56. The number of aromatic nitrogens is 6. The van der Waals surface area contributed by atoms with Gasteiger partial charge < -0.3 is 48.7 Å². The number of alkyl carbamates (subject to hydrolysis) is 2. The second-order valence-corrected chi connectivity index (χ2v) is 18.5. The van der Waals surface area contributed by atoms with Gasteiger partial charge in [-0.15, -0.1) is 0 Å². The monoisotopic (exact) mass is 872 g/mol. The number of benzene rings is 2. The molecule has 6 aromatic rings. The number of nitrogens with zero attached hydrogens (tertiary/aromatic N) is 6. The molecule has 4 amide bonds. The van der Waals surface area contributed by atoms with Crippen LogP contribution in [0.5, 0.6) is 0 Å². The fraction of sp³-hybridized carbons (Fsp3) is 0.478. The molecule has 4 aromatic heterocycles. The zero-order chi connectivity index (χ0) is 44.7. The van der Waals surface area contributed by atoms with E-state index in [2.05, 4.69) is 30.6 Å². The van der Waals surface area contributed by atoms with Crippen LogP contribution in [-0.4, -0.2) is 103 Å². The average molecular weight is 873 g/mol. The van der Waals surface area contributed by atoms with E-state index in [9.17, 15) is 19.2 Å². The van der Waals surface area contributed by atoms with Crippen molar-refractivity contribution in [3.05, 3.63) is 61.1 Å². The van der Waals surface area contributed by atoms with Gasteiger partial charge in [-0.1, -0.05) is 39.8 Å². The minimum atomic E-state index is -0.738. The van der Waals surface area contributed by atoms with Gasteiger partial charge in [-0.05, 0) is 74.3 Å². The molecule has 6 heterocycles. The molecule has 18 heteroatoms. The molecule has 4 N–H and O–H groups in total. The molecule has 2 aliphatic carbocycles. The number of imidazole rings is 2. The number of ether oxygens (including phenoxy) is 2. The Labute approximate surface area is 368 Å². The zero-order valence-corrected chi connectivity index (χ0v) is 36.7. The Morgan fingerprint density at radius 2 is 1.08 bits per heavy atom. The Kier molecular flexibility index (Phi) is 10.0. The van der Waals surface area contributed by atoms with Crippen molar-refractivity contribution in [3.8, 4) is 33.6 Å². The highest BCUT2D eigenvalue weighted by Crippen LogP contribution is 2.54. The first-order chi connectivity index (χ1) is 30.8. The lowest BCUT2D eigenvalue weighted by atomic mass is 9.93. The first kappa shape index (κ1) is 41.3. The largest absolute Gasteiger partial charge is 0.453 e. The summed E-state index contributed by atoms with van der Waals surface area (Å²) >= 11 is 0. The molecule has 334 valence electrons. The smallest absolute Gasteiger partial charge is 0.407 e. The Hall–Kier alpha value is -6.72. The second kappa shape index (κ2) is 15.5. The molecule has 2 saturated heterocycles. The van der Waals surface area contributed by atoms with Crippen molar-refractivity contribution in [3.63, 3.8) is 0 Å². The Morgan fingerprint density at radius 1 is 0.672 bits per heavy atom. The SMILES string of the molecule is COC(=O)N[C@H](C(=O)N1C[C@@H]2CC[C@@]1(c1nc(-c3ccc(-c4ccc(-c5c[nH]c([C@@]67CC[C@@H](CN6C(=O)[C@@H](NC(=O)OC)C(C)C)C7)n5)c5ocnc45)c4ncoc34)c[nH]1)C2)C(C)C. The van der Waals surface area contributed by atoms with Crippen LogP contribution in [0.3, 0.4) is 0 Å². The number of likely N-dealkylation sites (tertiary alicyclic amines) is 2. The molecule has 0 radical (unpaired) electrons. The number of hydrogen-bond donors (Lipinski definition) is 4. The van der Waals surface area contributed by atoms with Crippen molar-refractivity contribution in [2.24, 2.45) is 23.7 Å². The lowest BCUT2D eigenvalue weighted by Gasteiger charge is -2.40. The van der Waals surface area contributed by atoms with Gasteiger partial charge in [0.1, 0.15) is 45.8 Å². The van der Waals surface area contributed by atoms with Gasteiger partial charge in [-0.25, -0.2) is 29.5 Å². The van der Waals surface area contributed by atoms with Crippen molar-refractivity contribution < 1.29 is 37.5 Å². The summed E-state index contributed by atoms with van der Waals surface area (Å²) in [5.74, 6) is 1.48. The van der Waals surface area contributed by atoms with Crippen LogP contribution in [0.4, 0.5) is 9.59 Å².